The molecule has 2 heterocycles. The molecule has 0 atom stereocenters. The lowest BCUT2D eigenvalue weighted by molar-refractivity contribution is 0.236. The number of aromatic nitrogens is 4. The summed E-state index contributed by atoms with van der Waals surface area (Å²) in [5.41, 5.74) is 8.94. The van der Waals surface area contributed by atoms with Gasteiger partial charge in [0, 0.05) is 42.5 Å². The summed E-state index contributed by atoms with van der Waals surface area (Å²) >= 11 is 6.50. The van der Waals surface area contributed by atoms with Crippen molar-refractivity contribution in [3.8, 4) is 11.3 Å². The van der Waals surface area contributed by atoms with Crippen LogP contribution in [0.5, 0.6) is 0 Å². The van der Waals surface area contributed by atoms with E-state index in [0.717, 1.165) is 49.3 Å². The fraction of sp³-hybridized carbons (Fsp3) is 0.682. The molecule has 5 rings (SSSR count). The molecule has 0 radical (unpaired) electrons. The van der Waals surface area contributed by atoms with Gasteiger partial charge in [0.25, 0.3) is 0 Å². The van der Waals surface area contributed by atoms with Crippen LogP contribution in [0, 0.1) is 5.92 Å². The summed E-state index contributed by atoms with van der Waals surface area (Å²) in [5, 5.41) is 12.4. The molecular weight excluding hydrogens is 398 g/mol. The molecule has 0 unspecified atom stereocenters. The van der Waals surface area contributed by atoms with Crippen LogP contribution in [0.25, 0.3) is 11.3 Å². The first-order valence-electron chi connectivity index (χ1n) is 11.4. The van der Waals surface area contributed by atoms with Crippen molar-refractivity contribution in [3.63, 3.8) is 0 Å². The van der Waals surface area contributed by atoms with E-state index in [-0.39, 0.29) is 0 Å². The first-order valence-corrected chi connectivity index (χ1v) is 11.7. The van der Waals surface area contributed by atoms with Crippen molar-refractivity contribution >= 4 is 17.5 Å². The maximum atomic E-state index is 6.50. The summed E-state index contributed by atoms with van der Waals surface area (Å²) in [6.07, 6.45) is 14.1. The Hall–Kier alpha value is -1.70. The molecule has 7 nitrogen and oxygen atoms in total. The van der Waals surface area contributed by atoms with Gasteiger partial charge >= 0.3 is 0 Å². The van der Waals surface area contributed by atoms with Crippen LogP contribution in [0.1, 0.15) is 57.1 Å². The minimum atomic E-state index is 0.403. The molecule has 3 fully saturated rings. The van der Waals surface area contributed by atoms with Gasteiger partial charge in [-0.2, -0.15) is 5.10 Å². The standard InChI is InChI=1S/C22H32ClN7/c1-30-20(8-13-2-3-13)18(11-26-30)21-19(23)12-25-22(29-21)28-16-6-4-15(5-7-16)27-17-9-14(24)10-17/h11-17,27H,2-10,24H2,1H3,(H,25,28,29). The van der Waals surface area contributed by atoms with Gasteiger partial charge in [-0.1, -0.05) is 11.6 Å². The van der Waals surface area contributed by atoms with E-state index >= 15 is 0 Å². The van der Waals surface area contributed by atoms with Gasteiger partial charge in [-0.15, -0.1) is 0 Å². The fourth-order valence-electron chi connectivity index (χ4n) is 4.84. The van der Waals surface area contributed by atoms with Crippen LogP contribution in [-0.2, 0) is 13.5 Å². The predicted octanol–water partition coefficient (Wildman–Crippen LogP) is 3.29. The average molecular weight is 430 g/mol. The van der Waals surface area contributed by atoms with Crippen LogP contribution in [0.2, 0.25) is 5.02 Å². The molecular formula is C22H32ClN7. The van der Waals surface area contributed by atoms with Crippen molar-refractivity contribution in [3.05, 3.63) is 23.1 Å². The van der Waals surface area contributed by atoms with Crippen LogP contribution >= 0.6 is 11.6 Å². The highest BCUT2D eigenvalue weighted by molar-refractivity contribution is 6.32. The first-order chi connectivity index (χ1) is 14.5. The predicted molar refractivity (Wildman–Crippen MR) is 119 cm³/mol. The molecule has 8 heteroatoms. The van der Waals surface area contributed by atoms with Crippen LogP contribution in [-0.4, -0.2) is 43.9 Å². The van der Waals surface area contributed by atoms with E-state index < -0.39 is 0 Å². The van der Waals surface area contributed by atoms with Gasteiger partial charge in [-0.3, -0.25) is 4.68 Å². The maximum absolute atomic E-state index is 6.50. The molecule has 0 amide bonds. The van der Waals surface area contributed by atoms with Crippen molar-refractivity contribution in [1.29, 1.82) is 0 Å². The number of nitrogens with one attached hydrogen (secondary N) is 2. The second-order valence-electron chi connectivity index (χ2n) is 9.45. The van der Waals surface area contributed by atoms with Crippen LogP contribution < -0.4 is 16.4 Å². The highest BCUT2D eigenvalue weighted by atomic mass is 35.5. The average Bonchev–Trinajstić information content (AvgIpc) is 3.46. The Bertz CT molecular complexity index is 880. The number of nitrogens with zero attached hydrogens (tertiary/aromatic N) is 4. The van der Waals surface area contributed by atoms with Crippen molar-refractivity contribution < 1.29 is 0 Å². The molecule has 0 aromatic carbocycles. The van der Waals surface area contributed by atoms with E-state index in [4.69, 9.17) is 22.3 Å². The zero-order valence-corrected chi connectivity index (χ0v) is 18.4. The third kappa shape index (κ3) is 4.48. The summed E-state index contributed by atoms with van der Waals surface area (Å²) in [6.45, 7) is 0. The summed E-state index contributed by atoms with van der Waals surface area (Å²) in [6, 6.07) is 2.05. The number of hydrogen-bond donors (Lipinski definition) is 3. The smallest absolute Gasteiger partial charge is 0.223 e. The van der Waals surface area contributed by atoms with Crippen LogP contribution in [0.3, 0.4) is 0 Å². The van der Waals surface area contributed by atoms with E-state index in [2.05, 4.69) is 20.7 Å². The number of halogens is 1. The Morgan fingerprint density at radius 2 is 1.80 bits per heavy atom. The maximum Gasteiger partial charge on any atom is 0.223 e. The van der Waals surface area contributed by atoms with E-state index in [0.29, 0.717) is 35.1 Å². The number of nitrogens with two attached hydrogens (primary N) is 1. The Labute approximate surface area is 183 Å². The molecule has 3 saturated carbocycles. The van der Waals surface area contributed by atoms with Crippen molar-refractivity contribution in [1.82, 2.24) is 25.1 Å². The molecule has 0 bridgehead atoms. The van der Waals surface area contributed by atoms with Gasteiger partial charge in [0.05, 0.1) is 23.1 Å². The number of anilines is 1. The van der Waals surface area contributed by atoms with E-state index in [1.807, 2.05) is 17.9 Å². The molecule has 4 N–H and O–H groups in total. The third-order valence-electron chi connectivity index (χ3n) is 6.95. The molecule has 162 valence electrons. The van der Waals surface area contributed by atoms with Crippen molar-refractivity contribution in [2.45, 2.75) is 82.0 Å². The molecule has 0 spiro atoms. The summed E-state index contributed by atoms with van der Waals surface area (Å²) < 4.78 is 1.96. The van der Waals surface area contributed by atoms with Crippen LogP contribution in [0.4, 0.5) is 5.95 Å². The van der Waals surface area contributed by atoms with Gasteiger partial charge in [-0.05, 0) is 63.7 Å². The molecule has 3 aliphatic carbocycles. The highest BCUT2D eigenvalue weighted by Gasteiger charge is 2.30. The second kappa shape index (κ2) is 8.44. The van der Waals surface area contributed by atoms with Crippen molar-refractivity contribution in [2.75, 3.05) is 5.32 Å². The summed E-state index contributed by atoms with van der Waals surface area (Å²) in [7, 11) is 2.00. The van der Waals surface area contributed by atoms with Gasteiger partial charge in [0.15, 0.2) is 0 Å². The van der Waals surface area contributed by atoms with Gasteiger partial charge in [0.1, 0.15) is 0 Å². The first kappa shape index (κ1) is 20.2. The summed E-state index contributed by atoms with van der Waals surface area (Å²) in [5.74, 6) is 1.44. The minimum Gasteiger partial charge on any atom is -0.351 e. The SMILES string of the molecule is Cn1ncc(-c2nc(NC3CCC(NC4CC(N)C4)CC3)ncc2Cl)c1CC1CC1. The lowest BCUT2D eigenvalue weighted by atomic mass is 9.84. The highest BCUT2D eigenvalue weighted by Crippen LogP contribution is 2.37. The number of rotatable bonds is 7. The molecule has 30 heavy (non-hydrogen) atoms. The monoisotopic (exact) mass is 429 g/mol. The molecule has 3 aliphatic rings. The Morgan fingerprint density at radius 3 is 2.50 bits per heavy atom. The van der Waals surface area contributed by atoms with E-state index in [1.165, 1.54) is 31.4 Å². The largest absolute Gasteiger partial charge is 0.351 e. The van der Waals surface area contributed by atoms with Gasteiger partial charge < -0.3 is 16.4 Å². The Kier molecular flexibility index (Phi) is 5.69. The number of aryl methyl sites for hydroxylation is 1. The van der Waals surface area contributed by atoms with E-state index in [1.54, 1.807) is 6.20 Å². The summed E-state index contributed by atoms with van der Waals surface area (Å²) in [4.78, 5) is 9.25. The Morgan fingerprint density at radius 1 is 1.07 bits per heavy atom. The third-order valence-corrected chi connectivity index (χ3v) is 7.22. The normalized spacial score (nSPS) is 28.9. The zero-order chi connectivity index (χ0) is 20.7. The van der Waals surface area contributed by atoms with E-state index in [9.17, 15) is 0 Å². The topological polar surface area (TPSA) is 93.7 Å². The zero-order valence-electron chi connectivity index (χ0n) is 17.6. The molecule has 0 saturated heterocycles. The molecule has 2 aromatic heterocycles. The van der Waals surface area contributed by atoms with Gasteiger partial charge in [-0.25, -0.2) is 9.97 Å². The molecule has 0 aliphatic heterocycles. The fourth-order valence-corrected chi connectivity index (χ4v) is 5.03. The lowest BCUT2D eigenvalue weighted by Crippen LogP contribution is -2.52. The molecule has 2 aromatic rings. The second-order valence-corrected chi connectivity index (χ2v) is 9.86. The van der Waals surface area contributed by atoms with Crippen LogP contribution in [0.15, 0.2) is 12.4 Å². The minimum absolute atomic E-state index is 0.403. The van der Waals surface area contributed by atoms with Crippen molar-refractivity contribution in [2.24, 2.45) is 18.7 Å². The lowest BCUT2D eigenvalue weighted by Gasteiger charge is -2.38. The van der Waals surface area contributed by atoms with Gasteiger partial charge in [0.2, 0.25) is 5.95 Å². The Balaban J connectivity index is 1.23. The quantitative estimate of drug-likeness (QED) is 0.625. The number of hydrogen-bond acceptors (Lipinski definition) is 6.